The molecule has 0 spiro atoms. The lowest BCUT2D eigenvalue weighted by Crippen LogP contribution is -2.33. The van der Waals surface area contributed by atoms with Crippen LogP contribution in [0.15, 0.2) is 47.7 Å². The number of hydrogen-bond acceptors (Lipinski definition) is 2. The molecule has 1 heterocycles. The summed E-state index contributed by atoms with van der Waals surface area (Å²) in [7, 11) is 0. The minimum absolute atomic E-state index is 0.546. The van der Waals surface area contributed by atoms with Gasteiger partial charge in [0.05, 0.1) is 13.1 Å². The Morgan fingerprint density at radius 1 is 1.35 bits per heavy atom. The first-order valence-corrected chi connectivity index (χ1v) is 6.91. The number of aromatic nitrogens is 2. The Balaban J connectivity index is 1.61. The van der Waals surface area contributed by atoms with E-state index in [4.69, 9.17) is 5.73 Å². The van der Waals surface area contributed by atoms with Crippen LogP contribution in [0.2, 0.25) is 0 Å². The summed E-state index contributed by atoms with van der Waals surface area (Å²) >= 11 is 0. The molecule has 1 fully saturated rings. The van der Waals surface area contributed by atoms with Crippen LogP contribution < -0.4 is 11.1 Å². The minimum atomic E-state index is 0.546. The van der Waals surface area contributed by atoms with Crippen molar-refractivity contribution in [3.05, 3.63) is 53.9 Å². The highest BCUT2D eigenvalue weighted by atomic mass is 15.3. The molecule has 20 heavy (non-hydrogen) atoms. The SMILES string of the molecule is NC(=NCc1cccc(Cn2cccn2)c1)NC1CC1. The average Bonchev–Trinajstić information content (AvgIpc) is 3.11. The van der Waals surface area contributed by atoms with Crippen molar-refractivity contribution < 1.29 is 0 Å². The quantitative estimate of drug-likeness (QED) is 0.638. The fraction of sp³-hybridized carbons (Fsp3) is 0.333. The third-order valence-corrected chi connectivity index (χ3v) is 3.26. The molecule has 5 nitrogen and oxygen atoms in total. The van der Waals surface area contributed by atoms with E-state index >= 15 is 0 Å². The van der Waals surface area contributed by atoms with E-state index in [9.17, 15) is 0 Å². The van der Waals surface area contributed by atoms with Gasteiger partial charge in [-0.2, -0.15) is 5.10 Å². The van der Waals surface area contributed by atoms with Gasteiger partial charge in [0.25, 0.3) is 0 Å². The molecule has 0 bridgehead atoms. The highest BCUT2D eigenvalue weighted by Gasteiger charge is 2.21. The van der Waals surface area contributed by atoms with Gasteiger partial charge in [-0.25, -0.2) is 4.99 Å². The molecule has 0 aliphatic heterocycles. The van der Waals surface area contributed by atoms with Gasteiger partial charge in [0.2, 0.25) is 0 Å². The van der Waals surface area contributed by atoms with Crippen LogP contribution in [-0.2, 0) is 13.1 Å². The van der Waals surface area contributed by atoms with E-state index < -0.39 is 0 Å². The maximum atomic E-state index is 5.83. The maximum Gasteiger partial charge on any atom is 0.189 e. The lowest BCUT2D eigenvalue weighted by molar-refractivity contribution is 0.686. The number of hydrogen-bond donors (Lipinski definition) is 2. The van der Waals surface area contributed by atoms with Crippen molar-refractivity contribution in [1.82, 2.24) is 15.1 Å². The molecule has 5 heteroatoms. The van der Waals surface area contributed by atoms with Crippen molar-refractivity contribution >= 4 is 5.96 Å². The number of rotatable bonds is 5. The third kappa shape index (κ3) is 3.60. The van der Waals surface area contributed by atoms with Crippen LogP contribution in [0.1, 0.15) is 24.0 Å². The van der Waals surface area contributed by atoms with Gasteiger partial charge in [-0.1, -0.05) is 24.3 Å². The van der Waals surface area contributed by atoms with Crippen LogP contribution in [0.5, 0.6) is 0 Å². The third-order valence-electron chi connectivity index (χ3n) is 3.26. The number of nitrogens with two attached hydrogens (primary N) is 1. The summed E-state index contributed by atoms with van der Waals surface area (Å²) in [6.07, 6.45) is 6.16. The average molecular weight is 269 g/mol. The second-order valence-corrected chi connectivity index (χ2v) is 5.14. The van der Waals surface area contributed by atoms with Crippen LogP contribution >= 0.6 is 0 Å². The summed E-state index contributed by atoms with van der Waals surface area (Å²) in [5.41, 5.74) is 8.21. The highest BCUT2D eigenvalue weighted by Crippen LogP contribution is 2.18. The van der Waals surface area contributed by atoms with Crippen LogP contribution in [-0.4, -0.2) is 21.8 Å². The molecule has 0 unspecified atom stereocenters. The largest absolute Gasteiger partial charge is 0.370 e. The lowest BCUT2D eigenvalue weighted by Gasteiger charge is -2.06. The monoisotopic (exact) mass is 269 g/mol. The smallest absolute Gasteiger partial charge is 0.189 e. The Hall–Kier alpha value is -2.30. The summed E-state index contributed by atoms with van der Waals surface area (Å²) in [5, 5.41) is 7.40. The van der Waals surface area contributed by atoms with Gasteiger partial charge in [-0.3, -0.25) is 4.68 Å². The molecule has 3 N–H and O–H groups in total. The van der Waals surface area contributed by atoms with Crippen LogP contribution in [0.25, 0.3) is 0 Å². The molecule has 1 aromatic heterocycles. The number of nitrogens with one attached hydrogen (secondary N) is 1. The van der Waals surface area contributed by atoms with Crippen molar-refractivity contribution in [3.63, 3.8) is 0 Å². The lowest BCUT2D eigenvalue weighted by atomic mass is 10.1. The Morgan fingerprint density at radius 3 is 2.95 bits per heavy atom. The molecule has 3 rings (SSSR count). The molecule has 0 amide bonds. The summed E-state index contributed by atoms with van der Waals surface area (Å²) in [6.45, 7) is 1.39. The number of nitrogens with zero attached hydrogens (tertiary/aromatic N) is 3. The second-order valence-electron chi connectivity index (χ2n) is 5.14. The predicted octanol–water partition coefficient (Wildman–Crippen LogP) is 1.50. The zero-order valence-corrected chi connectivity index (χ0v) is 11.4. The first-order valence-electron chi connectivity index (χ1n) is 6.91. The molecule has 0 atom stereocenters. The number of aliphatic imine (C=N–C) groups is 1. The standard InChI is InChI=1S/C15H19N5/c16-15(19-14-5-6-14)17-10-12-3-1-4-13(9-12)11-20-8-2-7-18-20/h1-4,7-9,14H,5-6,10-11H2,(H3,16,17,19). The van der Waals surface area contributed by atoms with Crippen molar-refractivity contribution in [2.45, 2.75) is 32.0 Å². The Morgan fingerprint density at radius 2 is 2.20 bits per heavy atom. The van der Waals surface area contributed by atoms with E-state index in [-0.39, 0.29) is 0 Å². The van der Waals surface area contributed by atoms with E-state index in [0.29, 0.717) is 18.5 Å². The Kier molecular flexibility index (Phi) is 3.67. The zero-order valence-electron chi connectivity index (χ0n) is 11.4. The van der Waals surface area contributed by atoms with Gasteiger partial charge in [-0.05, 0) is 30.0 Å². The van der Waals surface area contributed by atoms with Crippen molar-refractivity contribution in [1.29, 1.82) is 0 Å². The molecule has 0 saturated heterocycles. The molecule has 2 aromatic rings. The highest BCUT2D eigenvalue weighted by molar-refractivity contribution is 5.78. The van der Waals surface area contributed by atoms with Gasteiger partial charge in [0.15, 0.2) is 5.96 Å². The normalized spacial score (nSPS) is 15.3. The van der Waals surface area contributed by atoms with E-state index in [1.807, 2.05) is 23.0 Å². The first-order chi connectivity index (χ1) is 9.79. The van der Waals surface area contributed by atoms with Crippen LogP contribution in [0, 0.1) is 0 Å². The van der Waals surface area contributed by atoms with E-state index in [1.165, 1.54) is 18.4 Å². The first kappa shape index (κ1) is 12.7. The van der Waals surface area contributed by atoms with Gasteiger partial charge in [0, 0.05) is 18.4 Å². The number of benzene rings is 1. The zero-order chi connectivity index (χ0) is 13.8. The molecule has 1 aliphatic carbocycles. The predicted molar refractivity (Wildman–Crippen MR) is 79.3 cm³/mol. The molecule has 1 aromatic carbocycles. The van der Waals surface area contributed by atoms with Gasteiger partial charge in [0.1, 0.15) is 0 Å². The minimum Gasteiger partial charge on any atom is -0.370 e. The van der Waals surface area contributed by atoms with Crippen LogP contribution in [0.3, 0.4) is 0 Å². The number of guanidine groups is 1. The van der Waals surface area contributed by atoms with Crippen LogP contribution in [0.4, 0.5) is 0 Å². The summed E-state index contributed by atoms with van der Waals surface area (Å²) < 4.78 is 1.91. The summed E-state index contributed by atoms with van der Waals surface area (Å²) in [6, 6.07) is 10.8. The molecule has 0 radical (unpaired) electrons. The molecule has 1 aliphatic rings. The van der Waals surface area contributed by atoms with E-state index in [1.54, 1.807) is 6.20 Å². The Bertz CT molecular complexity index is 584. The maximum absolute atomic E-state index is 5.83. The van der Waals surface area contributed by atoms with Gasteiger partial charge < -0.3 is 11.1 Å². The topological polar surface area (TPSA) is 68.2 Å². The van der Waals surface area contributed by atoms with E-state index in [2.05, 4.69) is 33.6 Å². The second kappa shape index (κ2) is 5.77. The van der Waals surface area contributed by atoms with E-state index in [0.717, 1.165) is 12.1 Å². The summed E-state index contributed by atoms with van der Waals surface area (Å²) in [4.78, 5) is 4.37. The van der Waals surface area contributed by atoms with Gasteiger partial charge in [-0.15, -0.1) is 0 Å². The Labute approximate surface area is 118 Å². The van der Waals surface area contributed by atoms with Crippen molar-refractivity contribution in [2.24, 2.45) is 10.7 Å². The van der Waals surface area contributed by atoms with Crippen molar-refractivity contribution in [2.75, 3.05) is 0 Å². The summed E-state index contributed by atoms with van der Waals surface area (Å²) in [5.74, 6) is 0.546. The van der Waals surface area contributed by atoms with Gasteiger partial charge >= 0.3 is 0 Å². The van der Waals surface area contributed by atoms with Crippen molar-refractivity contribution in [3.8, 4) is 0 Å². The fourth-order valence-electron chi connectivity index (χ4n) is 2.07. The molecule has 1 saturated carbocycles. The molecular weight excluding hydrogens is 250 g/mol. The molecular formula is C15H19N5. The fourth-order valence-corrected chi connectivity index (χ4v) is 2.07. The molecule has 104 valence electrons.